The zero-order valence-corrected chi connectivity index (χ0v) is 13.2. The van der Waals surface area contributed by atoms with Gasteiger partial charge in [0.2, 0.25) is 0 Å². The molecular weight excluding hydrogens is 278 g/mol. The molecule has 3 aromatic rings. The van der Waals surface area contributed by atoms with Crippen molar-refractivity contribution in [1.82, 2.24) is 4.57 Å². The van der Waals surface area contributed by atoms with Gasteiger partial charge >= 0.3 is 0 Å². The lowest BCUT2D eigenvalue weighted by Gasteiger charge is -2.12. The van der Waals surface area contributed by atoms with E-state index in [1.165, 1.54) is 21.1 Å². The molecule has 2 aromatic heterocycles. The molecule has 0 amide bonds. The number of rotatable bonds is 5. The van der Waals surface area contributed by atoms with Gasteiger partial charge in [0, 0.05) is 10.6 Å². The molecule has 0 radical (unpaired) electrons. The van der Waals surface area contributed by atoms with Crippen LogP contribution in [0.2, 0.25) is 0 Å². The number of benzene rings is 1. The molecule has 0 saturated heterocycles. The molecule has 2 heterocycles. The lowest BCUT2D eigenvalue weighted by atomic mass is 10.3. The first-order valence-electron chi connectivity index (χ1n) is 7.15. The maximum atomic E-state index is 5.81. The summed E-state index contributed by atoms with van der Waals surface area (Å²) in [6.45, 7) is 5.83. The second-order valence-corrected chi connectivity index (χ2v) is 6.37. The Morgan fingerprint density at radius 2 is 1.76 bits per heavy atom. The average molecular weight is 297 g/mol. The molecule has 0 aliphatic rings. The SMILES string of the molecule is Cc1ccc(-c2ccc(C)n2CCOc2ccccc2)s1. The van der Waals surface area contributed by atoms with Gasteiger partial charge in [-0.1, -0.05) is 18.2 Å². The van der Waals surface area contributed by atoms with Gasteiger partial charge in [-0.15, -0.1) is 11.3 Å². The second kappa shape index (κ2) is 6.19. The molecule has 1 aromatic carbocycles. The van der Waals surface area contributed by atoms with Gasteiger partial charge in [0.1, 0.15) is 12.4 Å². The summed E-state index contributed by atoms with van der Waals surface area (Å²) in [6, 6.07) is 18.7. The van der Waals surface area contributed by atoms with Crippen molar-refractivity contribution in [3.63, 3.8) is 0 Å². The maximum absolute atomic E-state index is 5.81. The van der Waals surface area contributed by atoms with Crippen LogP contribution < -0.4 is 4.74 Å². The van der Waals surface area contributed by atoms with Crippen LogP contribution in [0.15, 0.2) is 54.6 Å². The fourth-order valence-electron chi connectivity index (χ4n) is 2.43. The van der Waals surface area contributed by atoms with E-state index >= 15 is 0 Å². The summed E-state index contributed by atoms with van der Waals surface area (Å²) in [4.78, 5) is 2.66. The third-order valence-electron chi connectivity index (χ3n) is 3.52. The monoisotopic (exact) mass is 297 g/mol. The van der Waals surface area contributed by atoms with E-state index in [1.807, 2.05) is 41.7 Å². The number of hydrogen-bond acceptors (Lipinski definition) is 2. The molecule has 0 saturated carbocycles. The molecule has 0 N–H and O–H groups in total. The van der Waals surface area contributed by atoms with Crippen LogP contribution in [-0.4, -0.2) is 11.2 Å². The Morgan fingerprint density at radius 1 is 0.952 bits per heavy atom. The minimum Gasteiger partial charge on any atom is -0.492 e. The summed E-state index contributed by atoms with van der Waals surface area (Å²) >= 11 is 1.84. The molecule has 2 nitrogen and oxygen atoms in total. The lowest BCUT2D eigenvalue weighted by molar-refractivity contribution is 0.298. The van der Waals surface area contributed by atoms with E-state index in [2.05, 4.69) is 42.7 Å². The van der Waals surface area contributed by atoms with Crippen molar-refractivity contribution >= 4 is 11.3 Å². The van der Waals surface area contributed by atoms with Crippen LogP contribution in [0.25, 0.3) is 10.6 Å². The minimum absolute atomic E-state index is 0.677. The van der Waals surface area contributed by atoms with Crippen molar-refractivity contribution in [3.8, 4) is 16.3 Å². The first kappa shape index (κ1) is 14.0. The Hall–Kier alpha value is -2.00. The molecule has 21 heavy (non-hydrogen) atoms. The summed E-state index contributed by atoms with van der Waals surface area (Å²) in [7, 11) is 0. The zero-order valence-electron chi connectivity index (χ0n) is 12.4. The van der Waals surface area contributed by atoms with E-state index in [9.17, 15) is 0 Å². The van der Waals surface area contributed by atoms with E-state index in [0.29, 0.717) is 6.61 Å². The number of aromatic nitrogens is 1. The molecule has 0 spiro atoms. The fourth-order valence-corrected chi connectivity index (χ4v) is 3.33. The van der Waals surface area contributed by atoms with Crippen molar-refractivity contribution in [2.75, 3.05) is 6.61 Å². The van der Waals surface area contributed by atoms with Crippen LogP contribution in [-0.2, 0) is 6.54 Å². The van der Waals surface area contributed by atoms with E-state index in [-0.39, 0.29) is 0 Å². The van der Waals surface area contributed by atoms with Gasteiger partial charge in [0.15, 0.2) is 0 Å². The Morgan fingerprint density at radius 3 is 2.48 bits per heavy atom. The summed E-state index contributed by atoms with van der Waals surface area (Å²) in [5, 5.41) is 0. The Kier molecular flexibility index (Phi) is 4.11. The summed E-state index contributed by atoms with van der Waals surface area (Å²) in [5.74, 6) is 0.927. The third-order valence-corrected chi connectivity index (χ3v) is 4.54. The number of aryl methyl sites for hydroxylation is 2. The van der Waals surface area contributed by atoms with Crippen LogP contribution in [0.1, 0.15) is 10.6 Å². The lowest BCUT2D eigenvalue weighted by Crippen LogP contribution is -2.10. The van der Waals surface area contributed by atoms with Gasteiger partial charge in [-0.25, -0.2) is 0 Å². The summed E-state index contributed by atoms with van der Waals surface area (Å²) in [5.41, 5.74) is 2.55. The zero-order chi connectivity index (χ0) is 14.7. The average Bonchev–Trinajstić information content (AvgIpc) is 3.07. The highest BCUT2D eigenvalue weighted by atomic mass is 32.1. The first-order chi connectivity index (χ1) is 10.2. The van der Waals surface area contributed by atoms with Crippen LogP contribution in [0.3, 0.4) is 0 Å². The number of thiophene rings is 1. The predicted octanol–water partition coefficient (Wildman–Crippen LogP) is 4.91. The van der Waals surface area contributed by atoms with Gasteiger partial charge < -0.3 is 9.30 Å². The normalized spacial score (nSPS) is 10.8. The Balaban J connectivity index is 1.72. The summed E-state index contributed by atoms with van der Waals surface area (Å²) in [6.07, 6.45) is 0. The maximum Gasteiger partial charge on any atom is 0.119 e. The number of nitrogens with zero attached hydrogens (tertiary/aromatic N) is 1. The number of para-hydroxylation sites is 1. The summed E-state index contributed by atoms with van der Waals surface area (Å²) < 4.78 is 8.14. The minimum atomic E-state index is 0.677. The van der Waals surface area contributed by atoms with Gasteiger partial charge in [0.05, 0.1) is 17.1 Å². The molecule has 0 fully saturated rings. The van der Waals surface area contributed by atoms with Crippen molar-refractivity contribution < 1.29 is 4.74 Å². The Bertz CT molecular complexity index is 712. The van der Waals surface area contributed by atoms with Crippen molar-refractivity contribution in [2.45, 2.75) is 20.4 Å². The van der Waals surface area contributed by atoms with Gasteiger partial charge in [0.25, 0.3) is 0 Å². The van der Waals surface area contributed by atoms with E-state index in [1.54, 1.807) is 0 Å². The van der Waals surface area contributed by atoms with Crippen molar-refractivity contribution in [2.24, 2.45) is 0 Å². The van der Waals surface area contributed by atoms with Crippen LogP contribution in [0.4, 0.5) is 0 Å². The standard InChI is InChI=1S/C18H19NOS/c1-14-8-10-17(18-11-9-15(2)21-18)19(14)12-13-20-16-6-4-3-5-7-16/h3-11H,12-13H2,1-2H3. The molecule has 0 aliphatic heterocycles. The highest BCUT2D eigenvalue weighted by Crippen LogP contribution is 2.29. The van der Waals surface area contributed by atoms with Crippen molar-refractivity contribution in [3.05, 3.63) is 65.2 Å². The molecule has 0 bridgehead atoms. The van der Waals surface area contributed by atoms with Crippen LogP contribution in [0.5, 0.6) is 5.75 Å². The predicted molar refractivity (Wildman–Crippen MR) is 89.2 cm³/mol. The topological polar surface area (TPSA) is 14.2 Å². The van der Waals surface area contributed by atoms with E-state index < -0.39 is 0 Å². The molecule has 0 atom stereocenters. The highest BCUT2D eigenvalue weighted by molar-refractivity contribution is 7.15. The van der Waals surface area contributed by atoms with E-state index in [0.717, 1.165) is 12.3 Å². The fraction of sp³-hybridized carbons (Fsp3) is 0.222. The highest BCUT2D eigenvalue weighted by Gasteiger charge is 2.09. The molecule has 0 aliphatic carbocycles. The smallest absolute Gasteiger partial charge is 0.119 e. The quantitative estimate of drug-likeness (QED) is 0.652. The van der Waals surface area contributed by atoms with Gasteiger partial charge in [-0.3, -0.25) is 0 Å². The molecular formula is C18H19NOS. The first-order valence-corrected chi connectivity index (χ1v) is 7.96. The largest absolute Gasteiger partial charge is 0.492 e. The Labute approximate surface area is 129 Å². The van der Waals surface area contributed by atoms with Crippen LogP contribution in [0, 0.1) is 13.8 Å². The van der Waals surface area contributed by atoms with Gasteiger partial charge in [-0.05, 0) is 50.2 Å². The molecule has 108 valence electrons. The van der Waals surface area contributed by atoms with E-state index in [4.69, 9.17) is 4.74 Å². The van der Waals surface area contributed by atoms with Crippen LogP contribution >= 0.6 is 11.3 Å². The molecule has 3 heteroatoms. The second-order valence-electron chi connectivity index (χ2n) is 5.08. The number of ether oxygens (including phenoxy) is 1. The third kappa shape index (κ3) is 3.19. The molecule has 3 rings (SSSR count). The van der Waals surface area contributed by atoms with Gasteiger partial charge in [-0.2, -0.15) is 0 Å². The molecule has 0 unspecified atom stereocenters. The van der Waals surface area contributed by atoms with Crippen molar-refractivity contribution in [1.29, 1.82) is 0 Å². The number of hydrogen-bond donors (Lipinski definition) is 0.